The Bertz CT molecular complexity index is 1150. The first-order valence-corrected chi connectivity index (χ1v) is 11.9. The molecule has 0 spiro atoms. The van der Waals surface area contributed by atoms with E-state index in [0.29, 0.717) is 22.2 Å². The number of sulfonamides is 1. The van der Waals surface area contributed by atoms with E-state index < -0.39 is 10.0 Å². The fourth-order valence-electron chi connectivity index (χ4n) is 3.01. The van der Waals surface area contributed by atoms with Crippen LogP contribution in [0.5, 0.6) is 0 Å². The number of halogens is 2. The van der Waals surface area contributed by atoms with Crippen molar-refractivity contribution in [1.29, 1.82) is 0 Å². The van der Waals surface area contributed by atoms with E-state index in [2.05, 4.69) is 10.0 Å². The van der Waals surface area contributed by atoms with Crippen LogP contribution in [0.15, 0.2) is 77.7 Å². The van der Waals surface area contributed by atoms with Crippen molar-refractivity contribution in [1.82, 2.24) is 4.72 Å². The highest BCUT2D eigenvalue weighted by Gasteiger charge is 2.18. The Balaban J connectivity index is 1.58. The quantitative estimate of drug-likeness (QED) is 0.443. The van der Waals surface area contributed by atoms with E-state index in [4.69, 9.17) is 23.2 Å². The van der Waals surface area contributed by atoms with Crippen molar-refractivity contribution in [3.8, 4) is 0 Å². The van der Waals surface area contributed by atoms with Gasteiger partial charge in [-0.1, -0.05) is 65.7 Å². The molecule has 31 heavy (non-hydrogen) atoms. The van der Waals surface area contributed by atoms with Crippen molar-refractivity contribution >= 4 is 44.8 Å². The van der Waals surface area contributed by atoms with E-state index in [9.17, 15) is 13.2 Å². The summed E-state index contributed by atoms with van der Waals surface area (Å²) < 4.78 is 28.0. The molecule has 0 aliphatic carbocycles. The molecule has 3 aromatic carbocycles. The summed E-state index contributed by atoms with van der Waals surface area (Å²) in [5.41, 5.74) is 2.19. The molecule has 0 fully saturated rings. The van der Waals surface area contributed by atoms with Gasteiger partial charge in [0.25, 0.3) is 0 Å². The molecule has 0 bridgehead atoms. The Morgan fingerprint density at radius 2 is 1.65 bits per heavy atom. The fourth-order valence-corrected chi connectivity index (χ4v) is 4.58. The molecule has 0 unspecified atom stereocenters. The van der Waals surface area contributed by atoms with Gasteiger partial charge in [-0.25, -0.2) is 13.1 Å². The van der Waals surface area contributed by atoms with Crippen LogP contribution in [-0.4, -0.2) is 14.3 Å². The summed E-state index contributed by atoms with van der Waals surface area (Å²) >= 11 is 12.0. The lowest BCUT2D eigenvalue weighted by atomic mass is 10.1. The van der Waals surface area contributed by atoms with Crippen molar-refractivity contribution in [2.24, 2.45) is 0 Å². The first-order chi connectivity index (χ1) is 14.7. The maximum atomic E-state index is 12.7. The average Bonchev–Trinajstić information content (AvgIpc) is 2.75. The molecule has 0 heterocycles. The van der Waals surface area contributed by atoms with Crippen LogP contribution in [-0.2, 0) is 21.2 Å². The van der Waals surface area contributed by atoms with Gasteiger partial charge in [0.2, 0.25) is 15.9 Å². The molecule has 1 amide bonds. The number of anilines is 1. The van der Waals surface area contributed by atoms with Crippen LogP contribution in [0.2, 0.25) is 10.0 Å². The molecule has 0 aliphatic rings. The summed E-state index contributed by atoms with van der Waals surface area (Å²) in [6, 6.07) is 20.4. The van der Waals surface area contributed by atoms with E-state index >= 15 is 0 Å². The zero-order valence-corrected chi connectivity index (χ0v) is 19.1. The summed E-state index contributed by atoms with van der Waals surface area (Å²) in [5, 5.41) is 3.62. The van der Waals surface area contributed by atoms with Crippen LogP contribution in [0.25, 0.3) is 0 Å². The predicted octanol–water partition coefficient (Wildman–Crippen LogP) is 5.60. The molecule has 2 N–H and O–H groups in total. The summed E-state index contributed by atoms with van der Waals surface area (Å²) in [6.45, 7) is 1.80. The minimum Gasteiger partial charge on any atom is -0.325 e. The van der Waals surface area contributed by atoms with Gasteiger partial charge in [0, 0.05) is 17.5 Å². The standard InChI is InChI=1S/C23H22Cl2N2O3S/c1-16(18-5-3-2-4-6-18)27-31(29,30)20-11-7-17(8-12-20)9-14-23(28)26-22-15-19(24)10-13-21(22)25/h2-8,10-13,15-16,27H,9,14H2,1H3,(H,26,28)/t16-/m1/s1. The molecule has 3 rings (SSSR count). The van der Waals surface area contributed by atoms with Gasteiger partial charge in [-0.3, -0.25) is 4.79 Å². The molecule has 0 saturated carbocycles. The van der Waals surface area contributed by atoms with Crippen LogP contribution in [0.1, 0.15) is 30.5 Å². The zero-order valence-electron chi connectivity index (χ0n) is 16.8. The maximum absolute atomic E-state index is 12.7. The molecule has 162 valence electrons. The molecule has 0 saturated heterocycles. The van der Waals surface area contributed by atoms with Gasteiger partial charge in [-0.2, -0.15) is 0 Å². The van der Waals surface area contributed by atoms with Gasteiger partial charge in [0.15, 0.2) is 0 Å². The number of hydrogen-bond donors (Lipinski definition) is 2. The van der Waals surface area contributed by atoms with Crippen molar-refractivity contribution in [2.45, 2.75) is 30.7 Å². The Morgan fingerprint density at radius 3 is 2.32 bits per heavy atom. The average molecular weight is 477 g/mol. The molecule has 0 radical (unpaired) electrons. The number of aryl methyl sites for hydroxylation is 1. The number of carbonyl (C=O) groups excluding carboxylic acids is 1. The summed E-state index contributed by atoms with van der Waals surface area (Å²) in [5.74, 6) is -0.209. The normalized spacial score (nSPS) is 12.4. The SMILES string of the molecule is C[C@@H](NS(=O)(=O)c1ccc(CCC(=O)Nc2cc(Cl)ccc2Cl)cc1)c1ccccc1. The van der Waals surface area contributed by atoms with Crippen molar-refractivity contribution in [3.05, 3.63) is 94.0 Å². The summed E-state index contributed by atoms with van der Waals surface area (Å²) in [7, 11) is -3.66. The second-order valence-corrected chi connectivity index (χ2v) is 9.63. The molecule has 1 atom stereocenters. The lowest BCUT2D eigenvalue weighted by Gasteiger charge is -2.15. The first kappa shape index (κ1) is 23.3. The van der Waals surface area contributed by atoms with E-state index in [0.717, 1.165) is 11.1 Å². The second kappa shape index (κ2) is 10.3. The lowest BCUT2D eigenvalue weighted by molar-refractivity contribution is -0.116. The third kappa shape index (κ3) is 6.55. The predicted molar refractivity (Wildman–Crippen MR) is 125 cm³/mol. The van der Waals surface area contributed by atoms with Gasteiger partial charge >= 0.3 is 0 Å². The number of benzene rings is 3. The molecule has 8 heteroatoms. The lowest BCUT2D eigenvalue weighted by Crippen LogP contribution is -2.26. The van der Waals surface area contributed by atoms with Crippen LogP contribution in [0, 0.1) is 0 Å². The molecule has 0 aromatic heterocycles. The summed E-state index contributed by atoms with van der Waals surface area (Å²) in [4.78, 5) is 12.4. The highest BCUT2D eigenvalue weighted by Crippen LogP contribution is 2.25. The minimum absolute atomic E-state index is 0.175. The molecule has 3 aromatic rings. The molecule has 0 aliphatic heterocycles. The number of hydrogen-bond acceptors (Lipinski definition) is 3. The van der Waals surface area contributed by atoms with Crippen LogP contribution in [0.4, 0.5) is 5.69 Å². The highest BCUT2D eigenvalue weighted by molar-refractivity contribution is 7.89. The Morgan fingerprint density at radius 1 is 0.968 bits per heavy atom. The number of rotatable bonds is 8. The third-order valence-corrected chi connectivity index (χ3v) is 6.83. The Hall–Kier alpha value is -2.38. The van der Waals surface area contributed by atoms with Gasteiger partial charge in [0.05, 0.1) is 15.6 Å². The van der Waals surface area contributed by atoms with E-state index in [1.807, 2.05) is 30.3 Å². The number of amides is 1. The van der Waals surface area contributed by atoms with E-state index in [1.165, 1.54) is 0 Å². The van der Waals surface area contributed by atoms with Gasteiger partial charge in [-0.05, 0) is 54.8 Å². The van der Waals surface area contributed by atoms with Gasteiger partial charge in [-0.15, -0.1) is 0 Å². The molecular weight excluding hydrogens is 455 g/mol. The van der Waals surface area contributed by atoms with Crippen LogP contribution >= 0.6 is 23.2 Å². The highest BCUT2D eigenvalue weighted by atomic mass is 35.5. The largest absolute Gasteiger partial charge is 0.325 e. The van der Waals surface area contributed by atoms with E-state index in [1.54, 1.807) is 49.4 Å². The van der Waals surface area contributed by atoms with E-state index in [-0.39, 0.29) is 23.3 Å². The fraction of sp³-hybridized carbons (Fsp3) is 0.174. The Kier molecular flexibility index (Phi) is 7.73. The smallest absolute Gasteiger partial charge is 0.241 e. The summed E-state index contributed by atoms with van der Waals surface area (Å²) in [6.07, 6.45) is 0.677. The second-order valence-electron chi connectivity index (χ2n) is 7.07. The Labute approximate surface area is 192 Å². The molecular formula is C23H22Cl2N2O3S. The van der Waals surface area contributed by atoms with Crippen molar-refractivity contribution in [2.75, 3.05) is 5.32 Å². The topological polar surface area (TPSA) is 75.3 Å². The monoisotopic (exact) mass is 476 g/mol. The minimum atomic E-state index is -3.66. The van der Waals surface area contributed by atoms with Crippen LogP contribution in [0.3, 0.4) is 0 Å². The van der Waals surface area contributed by atoms with Gasteiger partial charge < -0.3 is 5.32 Å². The number of carbonyl (C=O) groups is 1. The van der Waals surface area contributed by atoms with Crippen molar-refractivity contribution < 1.29 is 13.2 Å². The molecule has 5 nitrogen and oxygen atoms in total. The van der Waals surface area contributed by atoms with Gasteiger partial charge in [0.1, 0.15) is 0 Å². The first-order valence-electron chi connectivity index (χ1n) is 9.66. The maximum Gasteiger partial charge on any atom is 0.241 e. The number of nitrogens with one attached hydrogen (secondary N) is 2. The van der Waals surface area contributed by atoms with Crippen LogP contribution < -0.4 is 10.0 Å². The third-order valence-electron chi connectivity index (χ3n) is 4.71. The zero-order chi connectivity index (χ0) is 22.4. The van der Waals surface area contributed by atoms with Crippen molar-refractivity contribution in [3.63, 3.8) is 0 Å².